The lowest BCUT2D eigenvalue weighted by molar-refractivity contribution is 0.174. The maximum Gasteiger partial charge on any atom is 0.306 e. The summed E-state index contributed by atoms with van der Waals surface area (Å²) in [5, 5.41) is 0. The van der Waals surface area contributed by atoms with Gasteiger partial charge in [-0.05, 0) is 43.3 Å². The van der Waals surface area contributed by atoms with Crippen LogP contribution in [0.15, 0.2) is 66.4 Å². The van der Waals surface area contributed by atoms with Crippen LogP contribution in [0.4, 0.5) is 5.69 Å². The highest BCUT2D eigenvalue weighted by atomic mass is 32.2. The Labute approximate surface area is 170 Å². The van der Waals surface area contributed by atoms with Gasteiger partial charge in [0.1, 0.15) is 23.7 Å². The highest BCUT2D eigenvalue weighted by Crippen LogP contribution is 2.39. The molecular formula is C21H23N2O5S+. The van der Waals surface area contributed by atoms with Crippen molar-refractivity contribution in [3.8, 4) is 23.0 Å². The van der Waals surface area contributed by atoms with E-state index >= 15 is 0 Å². The molecule has 0 saturated carbocycles. The van der Waals surface area contributed by atoms with Crippen LogP contribution < -0.4 is 23.8 Å². The molecule has 0 aliphatic carbocycles. The molecule has 2 aromatic rings. The van der Waals surface area contributed by atoms with Gasteiger partial charge in [0.2, 0.25) is 6.79 Å². The van der Waals surface area contributed by atoms with E-state index in [9.17, 15) is 8.42 Å². The summed E-state index contributed by atoms with van der Waals surface area (Å²) < 4.78 is 42.5. The smallest absolute Gasteiger partial charge is 0.306 e. The van der Waals surface area contributed by atoms with E-state index in [4.69, 9.17) is 19.9 Å². The van der Waals surface area contributed by atoms with Crippen molar-refractivity contribution < 1.29 is 22.6 Å². The number of fused-ring (bicyclic) bond motifs is 1. The molecule has 2 N–H and O–H groups in total. The Kier molecular flexibility index (Phi) is 5.08. The molecule has 4 rings (SSSR count). The normalized spacial score (nSPS) is 20.4. The molecule has 2 heterocycles. The Bertz CT molecular complexity index is 1080. The fourth-order valence-electron chi connectivity index (χ4n) is 3.62. The number of rotatable bonds is 6. The van der Waals surface area contributed by atoms with E-state index in [-0.39, 0.29) is 23.0 Å². The standard InChI is InChI=1S/C21H23N2O5S/c1-2-29(24,25)23(12-4-3-5-17(23)14-22)16-6-8-18(9-7-16)28-19-10-11-20-21(13-19)27-15-26-20/h3-11,13H,2,12,14-15,22H2,1H3/q+1. The van der Waals surface area contributed by atoms with E-state index in [1.807, 2.05) is 12.2 Å². The lowest BCUT2D eigenvalue weighted by Gasteiger charge is -2.37. The molecule has 1 unspecified atom stereocenters. The first-order chi connectivity index (χ1) is 14.0. The van der Waals surface area contributed by atoms with Crippen LogP contribution in [0, 0.1) is 0 Å². The van der Waals surface area contributed by atoms with Crippen molar-refractivity contribution in [1.82, 2.24) is 3.89 Å². The molecule has 2 aromatic carbocycles. The molecule has 0 aromatic heterocycles. The molecule has 0 bridgehead atoms. The minimum atomic E-state index is -3.51. The molecule has 0 radical (unpaired) electrons. The second kappa shape index (κ2) is 7.55. The lowest BCUT2D eigenvalue weighted by Crippen LogP contribution is -2.56. The zero-order valence-corrected chi connectivity index (χ0v) is 16.9. The van der Waals surface area contributed by atoms with Crippen LogP contribution in [-0.4, -0.2) is 34.1 Å². The number of sulfonamides is 1. The second-order valence-corrected chi connectivity index (χ2v) is 9.06. The van der Waals surface area contributed by atoms with Crippen molar-refractivity contribution in [2.45, 2.75) is 6.92 Å². The SMILES string of the molecule is CCS(=O)(=O)[N+]1(c2ccc(Oc3ccc4c(c3)OCO4)cc2)CC=CC=C1CN. The van der Waals surface area contributed by atoms with Gasteiger partial charge >= 0.3 is 10.0 Å². The highest BCUT2D eigenvalue weighted by molar-refractivity contribution is 7.91. The first-order valence-electron chi connectivity index (χ1n) is 9.35. The molecule has 7 nitrogen and oxygen atoms in total. The summed E-state index contributed by atoms with van der Waals surface area (Å²) in [6.45, 7) is 2.31. The third kappa shape index (κ3) is 3.29. The van der Waals surface area contributed by atoms with Crippen LogP contribution in [0.25, 0.3) is 0 Å². The third-order valence-corrected chi connectivity index (χ3v) is 7.41. The Morgan fingerprint density at radius 3 is 2.52 bits per heavy atom. The van der Waals surface area contributed by atoms with E-state index in [2.05, 4.69) is 0 Å². The number of nitrogens with two attached hydrogens (primary N) is 1. The van der Waals surface area contributed by atoms with Gasteiger partial charge in [-0.25, -0.2) is 0 Å². The number of hydrogen-bond donors (Lipinski definition) is 1. The number of quaternary nitrogens is 1. The molecule has 2 aliphatic heterocycles. The molecule has 8 heteroatoms. The van der Waals surface area contributed by atoms with Gasteiger partial charge in [-0.15, -0.1) is 0 Å². The molecule has 1 atom stereocenters. The van der Waals surface area contributed by atoms with Gasteiger partial charge in [-0.2, -0.15) is 12.3 Å². The van der Waals surface area contributed by atoms with Crippen molar-refractivity contribution in [1.29, 1.82) is 0 Å². The third-order valence-electron chi connectivity index (χ3n) is 5.13. The van der Waals surface area contributed by atoms with Gasteiger partial charge in [0.25, 0.3) is 0 Å². The first kappa shape index (κ1) is 19.5. The van der Waals surface area contributed by atoms with Crippen LogP contribution in [0.5, 0.6) is 23.0 Å². The summed E-state index contributed by atoms with van der Waals surface area (Å²) in [5.74, 6) is 2.52. The molecule has 0 amide bonds. The second-order valence-electron chi connectivity index (χ2n) is 6.69. The molecule has 0 saturated heterocycles. The van der Waals surface area contributed by atoms with Crippen LogP contribution in [-0.2, 0) is 10.0 Å². The molecular weight excluding hydrogens is 392 g/mol. The minimum Gasteiger partial charge on any atom is -0.457 e. The van der Waals surface area contributed by atoms with E-state index < -0.39 is 10.0 Å². The zero-order chi connectivity index (χ0) is 20.5. The Hall–Kier alpha value is -2.81. The first-order valence-corrected chi connectivity index (χ1v) is 11.0. The summed E-state index contributed by atoms with van der Waals surface area (Å²) in [5.41, 5.74) is 7.18. The van der Waals surface area contributed by atoms with E-state index in [0.29, 0.717) is 40.9 Å². The number of hydrogen-bond acceptors (Lipinski definition) is 6. The lowest BCUT2D eigenvalue weighted by atomic mass is 10.2. The van der Waals surface area contributed by atoms with Crippen LogP contribution in [0.3, 0.4) is 0 Å². The van der Waals surface area contributed by atoms with Gasteiger partial charge < -0.3 is 19.9 Å². The monoisotopic (exact) mass is 415 g/mol. The average Bonchev–Trinajstić information content (AvgIpc) is 3.22. The fourth-order valence-corrected chi connectivity index (χ4v) is 5.31. The van der Waals surface area contributed by atoms with E-state index in [1.165, 1.54) is 0 Å². The predicted octanol–water partition coefficient (Wildman–Crippen LogP) is 3.28. The summed E-state index contributed by atoms with van der Waals surface area (Å²) >= 11 is 0. The molecule has 29 heavy (non-hydrogen) atoms. The van der Waals surface area contributed by atoms with E-state index in [0.717, 1.165) is 0 Å². The maximum absolute atomic E-state index is 13.1. The minimum absolute atomic E-state index is 0.00757. The Morgan fingerprint density at radius 2 is 1.79 bits per heavy atom. The number of allylic oxidation sites excluding steroid dienone is 2. The van der Waals surface area contributed by atoms with Crippen molar-refractivity contribution in [2.75, 3.05) is 25.6 Å². The molecule has 152 valence electrons. The van der Waals surface area contributed by atoms with E-state index in [1.54, 1.807) is 55.5 Å². The fraction of sp³-hybridized carbons (Fsp3) is 0.238. The van der Waals surface area contributed by atoms with Gasteiger partial charge in [-0.1, -0.05) is 6.08 Å². The molecule has 0 fully saturated rings. The van der Waals surface area contributed by atoms with Crippen LogP contribution >= 0.6 is 0 Å². The van der Waals surface area contributed by atoms with Gasteiger partial charge in [-0.3, -0.25) is 0 Å². The topological polar surface area (TPSA) is 87.9 Å². The average molecular weight is 415 g/mol. The van der Waals surface area contributed by atoms with Gasteiger partial charge in [0.05, 0.1) is 12.3 Å². The number of nitrogens with zero attached hydrogens (tertiary/aromatic N) is 1. The van der Waals surface area contributed by atoms with Gasteiger partial charge in [0, 0.05) is 18.2 Å². The maximum atomic E-state index is 13.1. The number of benzene rings is 2. The summed E-state index contributed by atoms with van der Waals surface area (Å²) in [6, 6.07) is 12.4. The number of ether oxygens (including phenoxy) is 3. The van der Waals surface area contributed by atoms with Crippen molar-refractivity contribution in [3.05, 3.63) is 66.4 Å². The zero-order valence-electron chi connectivity index (χ0n) is 16.1. The van der Waals surface area contributed by atoms with Crippen molar-refractivity contribution in [2.24, 2.45) is 5.73 Å². The largest absolute Gasteiger partial charge is 0.457 e. The van der Waals surface area contributed by atoms with Gasteiger partial charge in [0.15, 0.2) is 17.2 Å². The quantitative estimate of drug-likeness (QED) is 0.729. The summed E-state index contributed by atoms with van der Waals surface area (Å²) in [6.07, 6.45) is 5.48. The van der Waals surface area contributed by atoms with Crippen molar-refractivity contribution in [3.63, 3.8) is 0 Å². The predicted molar refractivity (Wildman–Crippen MR) is 111 cm³/mol. The highest BCUT2D eigenvalue weighted by Gasteiger charge is 2.46. The van der Waals surface area contributed by atoms with Crippen LogP contribution in [0.1, 0.15) is 6.92 Å². The molecule has 0 spiro atoms. The summed E-state index contributed by atoms with van der Waals surface area (Å²) in [7, 11) is -3.51. The van der Waals surface area contributed by atoms with Crippen LogP contribution in [0.2, 0.25) is 0 Å². The Balaban J connectivity index is 1.66. The Morgan fingerprint density at radius 1 is 1.07 bits per heavy atom. The summed E-state index contributed by atoms with van der Waals surface area (Å²) in [4.78, 5) is 0. The molecule has 2 aliphatic rings. The van der Waals surface area contributed by atoms with Crippen molar-refractivity contribution >= 4 is 15.7 Å².